The van der Waals surface area contributed by atoms with Crippen molar-refractivity contribution in [2.45, 2.75) is 57.7 Å². The van der Waals surface area contributed by atoms with Crippen LogP contribution in [-0.4, -0.2) is 29.6 Å². The second-order valence-corrected chi connectivity index (χ2v) is 5.01. The minimum atomic E-state index is 0.286. The predicted octanol–water partition coefficient (Wildman–Crippen LogP) is 1.60. The molecule has 12 heavy (non-hydrogen) atoms. The van der Waals surface area contributed by atoms with Gasteiger partial charge in [-0.3, -0.25) is 4.90 Å². The van der Waals surface area contributed by atoms with Crippen molar-refractivity contribution >= 4 is 0 Å². The molecule has 2 unspecified atom stereocenters. The predicted molar refractivity (Wildman–Crippen MR) is 53.1 cm³/mol. The Bertz CT molecular complexity index is 148. The molecule has 0 amide bonds. The van der Waals surface area contributed by atoms with E-state index in [0.29, 0.717) is 12.1 Å². The van der Waals surface area contributed by atoms with Crippen molar-refractivity contribution in [3.63, 3.8) is 0 Å². The summed E-state index contributed by atoms with van der Waals surface area (Å²) in [6, 6.07) is 1.15. The molecule has 1 aliphatic carbocycles. The van der Waals surface area contributed by atoms with E-state index in [1.165, 1.54) is 19.3 Å². The molecule has 0 aromatic rings. The van der Waals surface area contributed by atoms with Crippen molar-refractivity contribution in [1.29, 1.82) is 0 Å². The Labute approximate surface area is 76.1 Å². The number of nitrogens with two attached hydrogens (primary N) is 1. The van der Waals surface area contributed by atoms with Crippen molar-refractivity contribution < 1.29 is 0 Å². The molecule has 2 N–H and O–H groups in total. The summed E-state index contributed by atoms with van der Waals surface area (Å²) < 4.78 is 0. The second-order valence-electron chi connectivity index (χ2n) is 5.01. The Morgan fingerprint density at radius 2 is 1.83 bits per heavy atom. The summed E-state index contributed by atoms with van der Waals surface area (Å²) in [7, 11) is 2.21. The van der Waals surface area contributed by atoms with Crippen LogP contribution in [0.3, 0.4) is 0 Å². The molecule has 0 saturated heterocycles. The van der Waals surface area contributed by atoms with Crippen LogP contribution in [0.25, 0.3) is 0 Å². The molecule has 0 aromatic heterocycles. The summed E-state index contributed by atoms with van der Waals surface area (Å²) in [6.07, 6.45) is 3.65. The normalized spacial score (nSPS) is 31.5. The van der Waals surface area contributed by atoms with Crippen LogP contribution < -0.4 is 5.73 Å². The van der Waals surface area contributed by atoms with E-state index in [2.05, 4.69) is 32.7 Å². The van der Waals surface area contributed by atoms with E-state index >= 15 is 0 Å². The van der Waals surface area contributed by atoms with E-state index in [4.69, 9.17) is 5.73 Å². The zero-order valence-corrected chi connectivity index (χ0v) is 8.80. The molecular formula is C10H22N2. The van der Waals surface area contributed by atoms with Gasteiger partial charge in [0.05, 0.1) is 0 Å². The Kier molecular flexibility index (Phi) is 2.79. The molecule has 0 heterocycles. The van der Waals surface area contributed by atoms with Gasteiger partial charge in [-0.15, -0.1) is 0 Å². The van der Waals surface area contributed by atoms with Crippen LogP contribution >= 0.6 is 0 Å². The quantitative estimate of drug-likeness (QED) is 0.647. The monoisotopic (exact) mass is 170 g/mol. The minimum Gasteiger partial charge on any atom is -0.328 e. The lowest BCUT2D eigenvalue weighted by molar-refractivity contribution is 0.118. The first kappa shape index (κ1) is 10.0. The Balaban J connectivity index is 2.48. The highest BCUT2D eigenvalue weighted by Gasteiger charge is 2.30. The second kappa shape index (κ2) is 3.35. The minimum absolute atomic E-state index is 0.286. The lowest BCUT2D eigenvalue weighted by atomic mass is 10.0. The summed E-state index contributed by atoms with van der Waals surface area (Å²) in [5, 5.41) is 0. The van der Waals surface area contributed by atoms with Crippen LogP contribution in [0.15, 0.2) is 0 Å². The van der Waals surface area contributed by atoms with Crippen LogP contribution in [0.5, 0.6) is 0 Å². The molecule has 0 spiro atoms. The third-order valence-electron chi connectivity index (χ3n) is 3.05. The zero-order chi connectivity index (χ0) is 9.35. The topological polar surface area (TPSA) is 29.3 Å². The Morgan fingerprint density at radius 3 is 2.17 bits per heavy atom. The van der Waals surface area contributed by atoms with Gasteiger partial charge in [-0.25, -0.2) is 0 Å². The molecule has 0 radical (unpaired) electrons. The van der Waals surface area contributed by atoms with Crippen LogP contribution in [0.4, 0.5) is 0 Å². The molecule has 72 valence electrons. The standard InChI is InChI=1S/C10H22N2/c1-10(2,3)12(4)9-6-5-8(11)7-9/h8-9H,5-7,11H2,1-4H3. The van der Waals surface area contributed by atoms with E-state index in [-0.39, 0.29) is 5.54 Å². The highest BCUT2D eigenvalue weighted by Crippen LogP contribution is 2.26. The van der Waals surface area contributed by atoms with Gasteiger partial charge in [0.1, 0.15) is 0 Å². The van der Waals surface area contributed by atoms with Gasteiger partial charge in [-0.1, -0.05) is 0 Å². The number of hydrogen-bond acceptors (Lipinski definition) is 2. The third kappa shape index (κ3) is 2.20. The lowest BCUT2D eigenvalue weighted by Gasteiger charge is -2.37. The maximum absolute atomic E-state index is 5.88. The molecule has 0 bridgehead atoms. The summed E-state index contributed by atoms with van der Waals surface area (Å²) >= 11 is 0. The van der Waals surface area contributed by atoms with Gasteiger partial charge in [-0.05, 0) is 47.1 Å². The number of hydrogen-bond donors (Lipinski definition) is 1. The fraction of sp³-hybridized carbons (Fsp3) is 1.00. The van der Waals surface area contributed by atoms with Gasteiger partial charge in [0.25, 0.3) is 0 Å². The maximum atomic E-state index is 5.88. The first-order chi connectivity index (χ1) is 5.41. The Hall–Kier alpha value is -0.0800. The van der Waals surface area contributed by atoms with E-state index in [1.807, 2.05) is 0 Å². The highest BCUT2D eigenvalue weighted by molar-refractivity contribution is 4.88. The molecule has 2 nitrogen and oxygen atoms in total. The van der Waals surface area contributed by atoms with Crippen LogP contribution in [0, 0.1) is 0 Å². The molecule has 2 heteroatoms. The van der Waals surface area contributed by atoms with Crippen molar-refractivity contribution in [2.24, 2.45) is 5.73 Å². The summed E-state index contributed by atoms with van der Waals surface area (Å²) in [5.74, 6) is 0. The fourth-order valence-corrected chi connectivity index (χ4v) is 1.89. The first-order valence-corrected chi connectivity index (χ1v) is 4.90. The smallest absolute Gasteiger partial charge is 0.0124 e. The number of nitrogens with zero attached hydrogens (tertiary/aromatic N) is 1. The van der Waals surface area contributed by atoms with Gasteiger partial charge in [0.15, 0.2) is 0 Å². The summed E-state index contributed by atoms with van der Waals surface area (Å²) in [5.41, 5.74) is 6.17. The van der Waals surface area contributed by atoms with Crippen LogP contribution in [0.1, 0.15) is 40.0 Å². The largest absolute Gasteiger partial charge is 0.328 e. The van der Waals surface area contributed by atoms with Gasteiger partial charge >= 0.3 is 0 Å². The van der Waals surface area contributed by atoms with Gasteiger partial charge in [0, 0.05) is 17.6 Å². The van der Waals surface area contributed by atoms with Crippen LogP contribution in [0.2, 0.25) is 0 Å². The van der Waals surface area contributed by atoms with Gasteiger partial charge < -0.3 is 5.73 Å². The molecule has 1 aliphatic rings. The number of rotatable bonds is 1. The first-order valence-electron chi connectivity index (χ1n) is 4.90. The van der Waals surface area contributed by atoms with E-state index in [0.717, 1.165) is 0 Å². The Morgan fingerprint density at radius 1 is 1.25 bits per heavy atom. The highest BCUT2D eigenvalue weighted by atomic mass is 15.2. The SMILES string of the molecule is CN(C1CCC(N)C1)C(C)(C)C. The van der Waals surface area contributed by atoms with Crippen LogP contribution in [-0.2, 0) is 0 Å². The fourth-order valence-electron chi connectivity index (χ4n) is 1.89. The average Bonchev–Trinajstić information content (AvgIpc) is 2.32. The van der Waals surface area contributed by atoms with Crippen molar-refractivity contribution in [3.8, 4) is 0 Å². The summed E-state index contributed by atoms with van der Waals surface area (Å²) in [6.45, 7) is 6.78. The van der Waals surface area contributed by atoms with Crippen molar-refractivity contribution in [3.05, 3.63) is 0 Å². The average molecular weight is 170 g/mol. The van der Waals surface area contributed by atoms with Gasteiger partial charge in [-0.2, -0.15) is 0 Å². The zero-order valence-electron chi connectivity index (χ0n) is 8.80. The molecule has 0 aromatic carbocycles. The van der Waals surface area contributed by atoms with E-state index < -0.39 is 0 Å². The molecule has 1 saturated carbocycles. The molecule has 1 rings (SSSR count). The van der Waals surface area contributed by atoms with Gasteiger partial charge in [0.2, 0.25) is 0 Å². The van der Waals surface area contributed by atoms with E-state index in [1.54, 1.807) is 0 Å². The molecule has 0 aliphatic heterocycles. The molecule has 1 fully saturated rings. The molecular weight excluding hydrogens is 148 g/mol. The van der Waals surface area contributed by atoms with Crippen molar-refractivity contribution in [2.75, 3.05) is 7.05 Å². The third-order valence-corrected chi connectivity index (χ3v) is 3.05. The molecule has 2 atom stereocenters. The summed E-state index contributed by atoms with van der Waals surface area (Å²) in [4.78, 5) is 2.46. The maximum Gasteiger partial charge on any atom is 0.0124 e. The van der Waals surface area contributed by atoms with Crippen molar-refractivity contribution in [1.82, 2.24) is 4.90 Å². The lowest BCUT2D eigenvalue weighted by Crippen LogP contribution is -2.44. The van der Waals surface area contributed by atoms with E-state index in [9.17, 15) is 0 Å².